The van der Waals surface area contributed by atoms with Gasteiger partial charge in [0.1, 0.15) is 17.2 Å². The zero-order valence-electron chi connectivity index (χ0n) is 13.7. The van der Waals surface area contributed by atoms with Crippen LogP contribution >= 0.6 is 0 Å². The van der Waals surface area contributed by atoms with E-state index in [4.69, 9.17) is 14.2 Å². The molecule has 2 aromatic rings. The summed E-state index contributed by atoms with van der Waals surface area (Å²) in [4.78, 5) is 23.6. The second-order valence-electron chi connectivity index (χ2n) is 4.88. The average molecular weight is 326 g/mol. The fourth-order valence-electron chi connectivity index (χ4n) is 2.18. The van der Waals surface area contributed by atoms with Crippen LogP contribution in [0, 0.1) is 0 Å². The van der Waals surface area contributed by atoms with Crippen LogP contribution in [-0.4, -0.2) is 33.4 Å². The topological polar surface area (TPSA) is 61.8 Å². The van der Waals surface area contributed by atoms with E-state index < -0.39 is 0 Å². The van der Waals surface area contributed by atoms with E-state index in [1.807, 2.05) is 24.3 Å². The predicted molar refractivity (Wildman–Crippen MR) is 91.3 cm³/mol. The van der Waals surface area contributed by atoms with Gasteiger partial charge >= 0.3 is 0 Å². The van der Waals surface area contributed by atoms with Gasteiger partial charge in [-0.3, -0.25) is 9.59 Å². The number of carbonyl (C=O) groups is 2. The van der Waals surface area contributed by atoms with Gasteiger partial charge in [-0.15, -0.1) is 0 Å². The molecule has 0 unspecified atom stereocenters. The molecule has 0 aliphatic heterocycles. The van der Waals surface area contributed by atoms with Crippen LogP contribution in [0.3, 0.4) is 0 Å². The first-order valence-electron chi connectivity index (χ1n) is 7.20. The number of hydrogen-bond donors (Lipinski definition) is 0. The third-order valence-electron chi connectivity index (χ3n) is 3.49. The van der Waals surface area contributed by atoms with Gasteiger partial charge < -0.3 is 14.2 Å². The Balaban J connectivity index is 2.30. The Morgan fingerprint density at radius 1 is 0.917 bits per heavy atom. The van der Waals surface area contributed by atoms with Crippen LogP contribution in [0.4, 0.5) is 0 Å². The molecule has 2 aromatic carbocycles. The summed E-state index contributed by atoms with van der Waals surface area (Å²) in [6.07, 6.45) is 3.76. The second kappa shape index (κ2) is 7.97. The zero-order chi connectivity index (χ0) is 17.5. The summed E-state index contributed by atoms with van der Waals surface area (Å²) in [7, 11) is 4.50. The quantitative estimate of drug-likeness (QED) is 0.443. The van der Waals surface area contributed by atoms with Crippen LogP contribution in [-0.2, 0) is 0 Å². The molecular weight excluding hydrogens is 308 g/mol. The number of methoxy groups -OCH3 is 3. The van der Waals surface area contributed by atoms with Crippen LogP contribution in [0.15, 0.2) is 42.5 Å². The number of allylic oxidation sites excluding steroid dienone is 1. The fraction of sp³-hybridized carbons (Fsp3) is 0.158. The highest BCUT2D eigenvalue weighted by atomic mass is 16.5. The number of carbonyl (C=O) groups excluding carboxylic acids is 2. The van der Waals surface area contributed by atoms with Gasteiger partial charge in [-0.25, -0.2) is 0 Å². The lowest BCUT2D eigenvalue weighted by Crippen LogP contribution is -2.02. The summed E-state index contributed by atoms with van der Waals surface area (Å²) < 4.78 is 15.4. The van der Waals surface area contributed by atoms with Gasteiger partial charge in [-0.05, 0) is 29.8 Å². The summed E-state index contributed by atoms with van der Waals surface area (Å²) in [5.41, 5.74) is 1.44. The molecule has 0 N–H and O–H groups in total. The summed E-state index contributed by atoms with van der Waals surface area (Å²) in [6, 6.07) is 10.3. The van der Waals surface area contributed by atoms with Crippen molar-refractivity contribution in [3.63, 3.8) is 0 Å². The molecule has 5 heteroatoms. The van der Waals surface area contributed by atoms with Gasteiger partial charge in [0.05, 0.1) is 32.5 Å². The number of ether oxygens (including phenoxy) is 3. The first-order valence-corrected chi connectivity index (χ1v) is 7.20. The molecule has 0 heterocycles. The van der Waals surface area contributed by atoms with Gasteiger partial charge in [0.15, 0.2) is 12.1 Å². The Hall–Kier alpha value is -3.08. The SMILES string of the molecule is COc1ccc(/C=C/C(=O)c2cc(C=O)c(OC)cc2OC)cc1. The summed E-state index contributed by atoms with van der Waals surface area (Å²) >= 11 is 0. The van der Waals surface area contributed by atoms with Gasteiger partial charge in [-0.1, -0.05) is 18.2 Å². The minimum atomic E-state index is -0.270. The molecule has 0 saturated carbocycles. The van der Waals surface area contributed by atoms with Crippen LogP contribution in [0.2, 0.25) is 0 Å². The highest BCUT2D eigenvalue weighted by molar-refractivity contribution is 6.09. The number of hydrogen-bond acceptors (Lipinski definition) is 5. The van der Waals surface area contributed by atoms with Crippen molar-refractivity contribution < 1.29 is 23.8 Å². The maximum Gasteiger partial charge on any atom is 0.189 e. The van der Waals surface area contributed by atoms with Crippen molar-refractivity contribution >= 4 is 18.1 Å². The molecule has 5 nitrogen and oxygen atoms in total. The molecule has 0 aromatic heterocycles. The molecule has 2 rings (SSSR count). The maximum absolute atomic E-state index is 12.4. The molecule has 124 valence electrons. The number of benzene rings is 2. The Morgan fingerprint density at radius 3 is 2.12 bits per heavy atom. The molecule has 0 spiro atoms. The van der Waals surface area contributed by atoms with E-state index in [1.54, 1.807) is 13.2 Å². The normalized spacial score (nSPS) is 10.5. The lowest BCUT2D eigenvalue weighted by molar-refractivity contribution is 0.104. The molecule has 0 radical (unpaired) electrons. The van der Waals surface area contributed by atoms with E-state index in [2.05, 4.69) is 0 Å². The predicted octanol–water partition coefficient (Wildman–Crippen LogP) is 3.42. The minimum Gasteiger partial charge on any atom is -0.497 e. The Bertz CT molecular complexity index is 760. The highest BCUT2D eigenvalue weighted by Crippen LogP contribution is 2.29. The number of aldehydes is 1. The smallest absolute Gasteiger partial charge is 0.189 e. The average Bonchev–Trinajstić information content (AvgIpc) is 2.65. The summed E-state index contributed by atoms with van der Waals surface area (Å²) in [5, 5.41) is 0. The lowest BCUT2D eigenvalue weighted by atomic mass is 10.0. The molecule has 24 heavy (non-hydrogen) atoms. The molecule has 0 aliphatic carbocycles. The third-order valence-corrected chi connectivity index (χ3v) is 3.49. The van der Waals surface area contributed by atoms with Crippen molar-refractivity contribution in [2.24, 2.45) is 0 Å². The van der Waals surface area contributed by atoms with E-state index >= 15 is 0 Å². The Kier molecular flexibility index (Phi) is 5.73. The van der Waals surface area contributed by atoms with Crippen molar-refractivity contribution in [2.75, 3.05) is 21.3 Å². The monoisotopic (exact) mass is 326 g/mol. The minimum absolute atomic E-state index is 0.270. The van der Waals surface area contributed by atoms with E-state index in [-0.39, 0.29) is 5.78 Å². The van der Waals surface area contributed by atoms with Crippen molar-refractivity contribution in [3.8, 4) is 17.2 Å². The fourth-order valence-corrected chi connectivity index (χ4v) is 2.18. The van der Waals surface area contributed by atoms with E-state index in [1.165, 1.54) is 32.4 Å². The molecule has 0 saturated heterocycles. The molecular formula is C19H18O5. The largest absolute Gasteiger partial charge is 0.497 e. The molecule has 0 bridgehead atoms. The summed E-state index contributed by atoms with van der Waals surface area (Å²) in [5.74, 6) is 1.18. The highest BCUT2D eigenvalue weighted by Gasteiger charge is 2.15. The van der Waals surface area contributed by atoms with Crippen LogP contribution < -0.4 is 14.2 Å². The van der Waals surface area contributed by atoms with E-state index in [9.17, 15) is 9.59 Å². The first-order chi connectivity index (χ1) is 11.6. The van der Waals surface area contributed by atoms with Crippen molar-refractivity contribution in [1.82, 2.24) is 0 Å². The van der Waals surface area contributed by atoms with Gasteiger partial charge in [0.25, 0.3) is 0 Å². The van der Waals surface area contributed by atoms with Gasteiger partial charge in [0, 0.05) is 6.07 Å². The molecule has 0 amide bonds. The van der Waals surface area contributed by atoms with Crippen LogP contribution in [0.5, 0.6) is 17.2 Å². The van der Waals surface area contributed by atoms with Crippen molar-refractivity contribution in [1.29, 1.82) is 0 Å². The number of ketones is 1. The van der Waals surface area contributed by atoms with E-state index in [0.717, 1.165) is 11.3 Å². The lowest BCUT2D eigenvalue weighted by Gasteiger charge is -2.10. The van der Waals surface area contributed by atoms with Crippen molar-refractivity contribution in [2.45, 2.75) is 0 Å². The Morgan fingerprint density at radius 2 is 1.58 bits per heavy atom. The number of rotatable bonds is 7. The van der Waals surface area contributed by atoms with Crippen molar-refractivity contribution in [3.05, 3.63) is 59.2 Å². The Labute approximate surface area is 140 Å². The molecule has 0 aliphatic rings. The van der Waals surface area contributed by atoms with Crippen LogP contribution in [0.1, 0.15) is 26.3 Å². The first kappa shape index (κ1) is 17.3. The molecule has 0 atom stereocenters. The third kappa shape index (κ3) is 3.81. The molecule has 0 fully saturated rings. The maximum atomic E-state index is 12.4. The zero-order valence-corrected chi connectivity index (χ0v) is 13.7. The van der Waals surface area contributed by atoms with Gasteiger partial charge in [0.2, 0.25) is 0 Å². The van der Waals surface area contributed by atoms with Crippen LogP contribution in [0.25, 0.3) is 6.08 Å². The van der Waals surface area contributed by atoms with E-state index in [0.29, 0.717) is 28.9 Å². The summed E-state index contributed by atoms with van der Waals surface area (Å²) in [6.45, 7) is 0. The standard InChI is InChI=1S/C19H18O5/c1-22-15-7-4-13(5-8-15)6-9-17(21)16-10-14(12-20)18(23-2)11-19(16)24-3/h4-12H,1-3H3/b9-6+. The second-order valence-corrected chi connectivity index (χ2v) is 4.88. The van der Waals surface area contributed by atoms with Gasteiger partial charge in [-0.2, -0.15) is 0 Å².